The van der Waals surface area contributed by atoms with Crippen LogP contribution in [0.2, 0.25) is 0 Å². The van der Waals surface area contributed by atoms with Crippen molar-refractivity contribution in [1.82, 2.24) is 4.98 Å². The summed E-state index contributed by atoms with van der Waals surface area (Å²) in [7, 11) is 0.913. The van der Waals surface area contributed by atoms with Crippen LogP contribution >= 0.6 is 19.8 Å². The summed E-state index contributed by atoms with van der Waals surface area (Å²) in [5.41, 5.74) is 2.58. The van der Waals surface area contributed by atoms with E-state index in [1.165, 1.54) is 0 Å². The molecule has 0 fully saturated rings. The van der Waals surface area contributed by atoms with E-state index in [4.69, 9.17) is 4.20 Å². The van der Waals surface area contributed by atoms with Crippen molar-refractivity contribution in [1.29, 1.82) is 0 Å². The van der Waals surface area contributed by atoms with Crippen LogP contribution in [0.1, 0.15) is 0 Å². The van der Waals surface area contributed by atoms with Crippen LogP contribution in [0.4, 0.5) is 0 Å². The average molecular weight is 143 g/mol. The minimum Gasteiger partial charge on any atom is -0.419 e. The Balaban J connectivity index is 3.06. The molecule has 0 saturated heterocycles. The number of fused-ring (bicyclic) bond motifs is 1. The van der Waals surface area contributed by atoms with Gasteiger partial charge in [-0.25, -0.2) is 4.98 Å². The molecule has 2 nitrogen and oxygen atoms in total. The van der Waals surface area contributed by atoms with Crippen LogP contribution in [0.15, 0.2) is 15.5 Å². The minimum absolute atomic E-state index is 0.789. The van der Waals surface area contributed by atoms with Crippen LogP contribution < -0.4 is 0 Å². The molecule has 0 spiro atoms. The molecule has 2 aromatic rings. The Bertz CT molecular complexity index is 237. The van der Waals surface area contributed by atoms with Crippen LogP contribution in [0, 0.1) is 0 Å². The molecule has 0 radical (unpaired) electrons. The summed E-state index contributed by atoms with van der Waals surface area (Å²) in [5, 5.41) is 0. The maximum absolute atomic E-state index is 5.05. The van der Waals surface area contributed by atoms with Gasteiger partial charge in [0.25, 0.3) is 0 Å². The van der Waals surface area contributed by atoms with E-state index in [1.807, 2.05) is 5.80 Å². The lowest BCUT2D eigenvalue weighted by Gasteiger charge is -1.62. The molecule has 0 N–H and O–H groups in total. The highest BCUT2D eigenvalue weighted by atomic mass is 32.1. The van der Waals surface area contributed by atoms with Gasteiger partial charge in [-0.05, 0) is 0 Å². The largest absolute Gasteiger partial charge is 0.419 e. The molecule has 8 heavy (non-hydrogen) atoms. The summed E-state index contributed by atoms with van der Waals surface area (Å²) in [6.07, 6.45) is 0. The van der Waals surface area contributed by atoms with E-state index in [-0.39, 0.29) is 0 Å². The first-order valence-corrected chi connectivity index (χ1v) is 3.87. The molecule has 0 saturated carbocycles. The second-order valence-corrected chi connectivity index (χ2v) is 2.89. The smallest absolute Gasteiger partial charge is 0.241 e. The summed E-state index contributed by atoms with van der Waals surface area (Å²) in [4.78, 5) is 3.95. The molecule has 0 bridgehead atoms. The lowest BCUT2D eigenvalue weighted by atomic mass is 10.7. The van der Waals surface area contributed by atoms with Crippen molar-refractivity contribution < 1.29 is 4.20 Å². The van der Waals surface area contributed by atoms with E-state index < -0.39 is 0 Å². The first-order chi connectivity index (χ1) is 3.97. The lowest BCUT2D eigenvalue weighted by molar-refractivity contribution is 0.739. The van der Waals surface area contributed by atoms with Crippen molar-refractivity contribution in [2.75, 3.05) is 0 Å². The van der Waals surface area contributed by atoms with Crippen LogP contribution in [-0.2, 0) is 0 Å². The Hall–Kier alpha value is -0.400. The third-order valence-electron chi connectivity index (χ3n) is 0.870. The summed E-state index contributed by atoms with van der Waals surface area (Å²) in [6.45, 7) is 0. The molecule has 0 unspecified atom stereocenters. The van der Waals surface area contributed by atoms with Crippen molar-refractivity contribution in [3.63, 3.8) is 0 Å². The number of aromatic nitrogens is 1. The van der Waals surface area contributed by atoms with Crippen molar-refractivity contribution in [3.8, 4) is 0 Å². The fourth-order valence-corrected chi connectivity index (χ4v) is 1.92. The zero-order chi connectivity index (χ0) is 5.40. The fraction of sp³-hybridized carbons (Fsp3) is 0. The number of hydrogen-bond donors (Lipinski definition) is 0. The molecule has 0 amide bonds. The van der Waals surface area contributed by atoms with Crippen LogP contribution in [0.25, 0.3) is 10.4 Å². The number of rotatable bonds is 0. The lowest BCUT2D eigenvalue weighted by Crippen LogP contribution is -1.49. The second kappa shape index (κ2) is 1.54. The second-order valence-electron chi connectivity index (χ2n) is 1.35. The van der Waals surface area contributed by atoms with Crippen LogP contribution in [0.5, 0.6) is 0 Å². The standard InChI is InChI=1S/C4H2NOPS/c1-3-4(6-7-1)5-2-8-3/h1-2H. The summed E-state index contributed by atoms with van der Waals surface area (Å²) in [5.74, 6) is 2.01. The molecular weight excluding hydrogens is 141 g/mol. The Labute approximate surface area is 51.4 Å². The maximum atomic E-state index is 5.05. The van der Waals surface area contributed by atoms with Gasteiger partial charge in [0.2, 0.25) is 5.71 Å². The van der Waals surface area contributed by atoms with E-state index in [2.05, 4.69) is 4.98 Å². The SMILES string of the molecule is c1nc2opcc2s1. The van der Waals surface area contributed by atoms with E-state index in [9.17, 15) is 0 Å². The Morgan fingerprint density at radius 1 is 1.75 bits per heavy atom. The van der Waals surface area contributed by atoms with Gasteiger partial charge in [-0.3, -0.25) is 0 Å². The molecule has 0 atom stereocenters. The number of thiazole rings is 1. The highest BCUT2D eigenvalue weighted by molar-refractivity contribution is 7.26. The van der Waals surface area contributed by atoms with E-state index >= 15 is 0 Å². The minimum atomic E-state index is 0.789. The van der Waals surface area contributed by atoms with Crippen LogP contribution in [0.3, 0.4) is 0 Å². The molecule has 0 aliphatic heterocycles. The van der Waals surface area contributed by atoms with Gasteiger partial charge in [-0.1, -0.05) is 0 Å². The molecule has 2 rings (SSSR count). The molecule has 0 aliphatic rings. The summed E-state index contributed by atoms with van der Waals surface area (Å²) in [6, 6.07) is 0. The zero-order valence-corrected chi connectivity index (χ0v) is 5.58. The predicted molar refractivity (Wildman–Crippen MR) is 34.4 cm³/mol. The summed E-state index contributed by atoms with van der Waals surface area (Å²) < 4.78 is 6.21. The molecule has 0 aliphatic carbocycles. The molecular formula is C4H2NOPS. The van der Waals surface area contributed by atoms with Crippen molar-refractivity contribution in [3.05, 3.63) is 11.3 Å². The van der Waals surface area contributed by atoms with Gasteiger partial charge in [-0.2, -0.15) is 0 Å². The molecule has 0 aromatic carbocycles. The van der Waals surface area contributed by atoms with Crippen molar-refractivity contribution >= 4 is 30.2 Å². The average Bonchev–Trinajstić information content (AvgIpc) is 2.15. The summed E-state index contributed by atoms with van der Waals surface area (Å²) >= 11 is 1.61. The normalized spacial score (nSPS) is 11.5. The van der Waals surface area contributed by atoms with E-state index in [0.29, 0.717) is 0 Å². The Morgan fingerprint density at radius 2 is 2.75 bits per heavy atom. The fourth-order valence-electron chi connectivity index (χ4n) is 0.523. The highest BCUT2D eigenvalue weighted by Gasteiger charge is 1.95. The first kappa shape index (κ1) is 4.48. The van der Waals surface area contributed by atoms with Gasteiger partial charge in [0.15, 0.2) is 0 Å². The topological polar surface area (TPSA) is 26.0 Å². The molecule has 40 valence electrons. The predicted octanol–water partition coefficient (Wildman–Crippen LogP) is 2.47. The van der Waals surface area contributed by atoms with Gasteiger partial charge >= 0.3 is 0 Å². The Kier molecular flexibility index (Phi) is 0.861. The van der Waals surface area contributed by atoms with Gasteiger partial charge < -0.3 is 4.20 Å². The number of nitrogens with zero attached hydrogens (tertiary/aromatic N) is 1. The quantitative estimate of drug-likeness (QED) is 0.566. The van der Waals surface area contributed by atoms with Gasteiger partial charge in [0, 0.05) is 5.80 Å². The van der Waals surface area contributed by atoms with Gasteiger partial charge in [0.1, 0.15) is 8.43 Å². The Morgan fingerprint density at radius 3 is 3.62 bits per heavy atom. The van der Waals surface area contributed by atoms with Crippen LogP contribution in [-0.4, -0.2) is 4.98 Å². The number of hydrogen-bond acceptors (Lipinski definition) is 3. The third-order valence-corrected chi connectivity index (χ3v) is 2.44. The van der Waals surface area contributed by atoms with Crippen molar-refractivity contribution in [2.24, 2.45) is 0 Å². The third kappa shape index (κ3) is 0.487. The highest BCUT2D eigenvalue weighted by Crippen LogP contribution is 2.23. The van der Waals surface area contributed by atoms with Crippen molar-refractivity contribution in [2.45, 2.75) is 0 Å². The zero-order valence-electron chi connectivity index (χ0n) is 3.87. The first-order valence-electron chi connectivity index (χ1n) is 2.11. The maximum Gasteiger partial charge on any atom is 0.241 e. The molecule has 4 heteroatoms. The molecule has 2 aromatic heterocycles. The van der Waals surface area contributed by atoms with Gasteiger partial charge in [0.05, 0.1) is 10.2 Å². The van der Waals surface area contributed by atoms with Gasteiger partial charge in [-0.15, -0.1) is 11.3 Å². The van der Waals surface area contributed by atoms with E-state index in [1.54, 1.807) is 16.8 Å². The van der Waals surface area contributed by atoms with E-state index in [0.717, 1.165) is 18.8 Å². The molecule has 2 heterocycles. The monoisotopic (exact) mass is 143 g/mol.